The fourth-order valence-electron chi connectivity index (χ4n) is 3.31. The number of pyridine rings is 1. The Morgan fingerprint density at radius 1 is 1.16 bits per heavy atom. The molecule has 1 aromatic heterocycles. The molecule has 2 heterocycles. The molecule has 0 radical (unpaired) electrons. The van der Waals surface area contributed by atoms with E-state index in [1.165, 1.54) is 28.9 Å². The molecule has 1 unspecified atom stereocenters. The van der Waals surface area contributed by atoms with Crippen molar-refractivity contribution in [3.05, 3.63) is 78.0 Å². The van der Waals surface area contributed by atoms with Gasteiger partial charge in [0, 0.05) is 12.5 Å². The Balaban J connectivity index is 1.51. The Morgan fingerprint density at radius 3 is 2.58 bits per heavy atom. The highest BCUT2D eigenvalue weighted by Gasteiger charge is 2.37. The number of amides is 2. The van der Waals surface area contributed by atoms with Crippen LogP contribution in [0, 0.1) is 0 Å². The summed E-state index contributed by atoms with van der Waals surface area (Å²) in [6, 6.07) is 15.4. The number of hydrogen-bond donors (Lipinski definition) is 1. The van der Waals surface area contributed by atoms with Gasteiger partial charge in [-0.2, -0.15) is 13.2 Å². The molecule has 0 saturated heterocycles. The number of nitrogens with zero attached hydrogens (tertiary/aromatic N) is 2. The zero-order valence-electron chi connectivity index (χ0n) is 16.4. The van der Waals surface area contributed by atoms with Crippen LogP contribution in [0.3, 0.4) is 0 Å². The number of aromatic nitrogens is 1. The van der Waals surface area contributed by atoms with Gasteiger partial charge in [0.25, 0.3) is 0 Å². The second-order valence-corrected chi connectivity index (χ2v) is 7.85. The van der Waals surface area contributed by atoms with Crippen molar-refractivity contribution in [1.29, 1.82) is 0 Å². The summed E-state index contributed by atoms with van der Waals surface area (Å²) in [7, 11) is 0. The predicted octanol–water partition coefficient (Wildman–Crippen LogP) is 6.18. The van der Waals surface area contributed by atoms with Gasteiger partial charge in [0.1, 0.15) is 5.75 Å². The molecule has 0 spiro atoms. The third-order valence-corrected chi connectivity index (χ3v) is 5.72. The number of rotatable bonds is 4. The van der Waals surface area contributed by atoms with Crippen molar-refractivity contribution in [2.24, 2.45) is 0 Å². The largest absolute Gasteiger partial charge is 0.439 e. The molecule has 4 rings (SSSR count). The number of anilines is 2. The van der Waals surface area contributed by atoms with E-state index in [0.717, 1.165) is 12.1 Å². The lowest BCUT2D eigenvalue weighted by Crippen LogP contribution is -2.39. The zero-order chi connectivity index (χ0) is 22.0. The van der Waals surface area contributed by atoms with Gasteiger partial charge < -0.3 is 10.1 Å². The van der Waals surface area contributed by atoms with Crippen LogP contribution in [0.5, 0.6) is 11.6 Å². The summed E-state index contributed by atoms with van der Waals surface area (Å²) >= 11 is 1.40. The lowest BCUT2D eigenvalue weighted by atomic mass is 10.1. The average molecular weight is 445 g/mol. The number of urea groups is 1. The molecule has 3 aromatic rings. The molecule has 1 aliphatic rings. The minimum Gasteiger partial charge on any atom is -0.439 e. The standard InChI is InChI=1S/C22H18F3N3O2S/c1-31-20-11-14-7-8-15(22(23,24)25)12-18(14)28(20)21(29)27-16-9-10-19(26-13-16)30-17-5-3-2-4-6-17/h2-10,12-13,20H,11H2,1H3,(H,27,29). The van der Waals surface area contributed by atoms with Crippen LogP contribution in [0.25, 0.3) is 0 Å². The number of benzene rings is 2. The number of alkyl halides is 3. The molecule has 5 nitrogen and oxygen atoms in total. The maximum Gasteiger partial charge on any atom is 0.416 e. The molecular formula is C22H18F3N3O2S. The van der Waals surface area contributed by atoms with Crippen molar-refractivity contribution >= 4 is 29.2 Å². The molecule has 2 aromatic carbocycles. The van der Waals surface area contributed by atoms with Gasteiger partial charge in [-0.25, -0.2) is 9.78 Å². The Kier molecular flexibility index (Phi) is 5.77. The van der Waals surface area contributed by atoms with Crippen LogP contribution in [0.4, 0.5) is 29.3 Å². The van der Waals surface area contributed by atoms with E-state index in [1.807, 2.05) is 24.5 Å². The normalized spacial score (nSPS) is 15.5. The van der Waals surface area contributed by atoms with Crippen molar-refractivity contribution in [2.75, 3.05) is 16.5 Å². The maximum absolute atomic E-state index is 13.2. The van der Waals surface area contributed by atoms with E-state index < -0.39 is 17.8 Å². The van der Waals surface area contributed by atoms with Crippen LogP contribution in [0.15, 0.2) is 66.9 Å². The maximum atomic E-state index is 13.2. The number of ether oxygens (including phenoxy) is 1. The Bertz CT molecular complexity index is 1080. The van der Waals surface area contributed by atoms with E-state index >= 15 is 0 Å². The summed E-state index contributed by atoms with van der Waals surface area (Å²) in [5, 5.41) is 2.41. The van der Waals surface area contributed by atoms with Gasteiger partial charge in [0.05, 0.1) is 28.5 Å². The fraction of sp³-hybridized carbons (Fsp3) is 0.182. The number of fused-ring (bicyclic) bond motifs is 1. The molecule has 160 valence electrons. The first-order valence-electron chi connectivity index (χ1n) is 9.37. The highest BCUT2D eigenvalue weighted by atomic mass is 32.2. The first kappa shape index (κ1) is 21.0. The van der Waals surface area contributed by atoms with E-state index in [-0.39, 0.29) is 11.1 Å². The minimum atomic E-state index is -4.48. The lowest BCUT2D eigenvalue weighted by molar-refractivity contribution is -0.137. The minimum absolute atomic E-state index is 0.267. The summed E-state index contributed by atoms with van der Waals surface area (Å²) < 4.78 is 45.1. The quantitative estimate of drug-likeness (QED) is 0.521. The van der Waals surface area contributed by atoms with Crippen molar-refractivity contribution in [3.63, 3.8) is 0 Å². The third kappa shape index (κ3) is 4.61. The summed E-state index contributed by atoms with van der Waals surface area (Å²) in [5.41, 5.74) is 0.594. The molecule has 31 heavy (non-hydrogen) atoms. The molecule has 0 bridgehead atoms. The van der Waals surface area contributed by atoms with Gasteiger partial charge in [0.15, 0.2) is 0 Å². The lowest BCUT2D eigenvalue weighted by Gasteiger charge is -2.25. The molecule has 1 atom stereocenters. The van der Waals surface area contributed by atoms with Crippen LogP contribution in [-0.4, -0.2) is 22.6 Å². The number of para-hydroxylation sites is 1. The average Bonchev–Trinajstić information content (AvgIpc) is 3.13. The number of nitrogens with one attached hydrogen (secondary N) is 1. The number of halogens is 3. The highest BCUT2D eigenvalue weighted by Crippen LogP contribution is 2.40. The van der Waals surface area contributed by atoms with Crippen LogP contribution in [0.1, 0.15) is 11.1 Å². The zero-order valence-corrected chi connectivity index (χ0v) is 17.2. The summed E-state index contributed by atoms with van der Waals surface area (Å²) in [4.78, 5) is 18.5. The molecule has 0 aliphatic carbocycles. The number of carbonyl (C=O) groups is 1. The Morgan fingerprint density at radius 2 is 1.94 bits per heavy atom. The third-order valence-electron chi connectivity index (χ3n) is 4.80. The molecule has 2 amide bonds. The van der Waals surface area contributed by atoms with E-state index in [2.05, 4.69) is 10.3 Å². The van der Waals surface area contributed by atoms with Gasteiger partial charge in [-0.3, -0.25) is 4.90 Å². The molecule has 1 N–H and O–H groups in total. The molecule has 0 saturated carbocycles. The van der Waals surface area contributed by atoms with Crippen molar-refractivity contribution < 1.29 is 22.7 Å². The van der Waals surface area contributed by atoms with Crippen LogP contribution >= 0.6 is 11.8 Å². The van der Waals surface area contributed by atoms with Gasteiger partial charge in [-0.15, -0.1) is 11.8 Å². The van der Waals surface area contributed by atoms with Gasteiger partial charge >= 0.3 is 12.2 Å². The first-order valence-corrected chi connectivity index (χ1v) is 10.7. The number of thioether (sulfide) groups is 1. The van der Waals surface area contributed by atoms with E-state index in [9.17, 15) is 18.0 Å². The Hall–Kier alpha value is -3.20. The van der Waals surface area contributed by atoms with Crippen LogP contribution in [-0.2, 0) is 12.6 Å². The van der Waals surface area contributed by atoms with Crippen molar-refractivity contribution in [1.82, 2.24) is 4.98 Å². The summed E-state index contributed by atoms with van der Waals surface area (Å²) in [6.07, 6.45) is -0.747. The fourth-order valence-corrected chi connectivity index (χ4v) is 4.07. The van der Waals surface area contributed by atoms with Crippen LogP contribution < -0.4 is 15.0 Å². The van der Waals surface area contributed by atoms with Crippen LogP contribution in [0.2, 0.25) is 0 Å². The smallest absolute Gasteiger partial charge is 0.416 e. The number of hydrogen-bond acceptors (Lipinski definition) is 4. The van der Waals surface area contributed by atoms with Gasteiger partial charge in [0.2, 0.25) is 5.88 Å². The molecule has 0 fully saturated rings. The van der Waals surface area contributed by atoms with Gasteiger partial charge in [-0.1, -0.05) is 24.3 Å². The second kappa shape index (κ2) is 8.50. The van der Waals surface area contributed by atoms with E-state index in [1.54, 1.807) is 24.3 Å². The summed E-state index contributed by atoms with van der Waals surface area (Å²) in [6.45, 7) is 0. The predicted molar refractivity (Wildman–Crippen MR) is 115 cm³/mol. The molecule has 1 aliphatic heterocycles. The van der Waals surface area contributed by atoms with E-state index in [0.29, 0.717) is 29.3 Å². The highest BCUT2D eigenvalue weighted by molar-refractivity contribution is 7.99. The summed E-state index contributed by atoms with van der Waals surface area (Å²) in [5.74, 6) is 0.983. The topological polar surface area (TPSA) is 54.5 Å². The van der Waals surface area contributed by atoms with E-state index in [4.69, 9.17) is 4.74 Å². The SMILES string of the molecule is CSC1Cc2ccc(C(F)(F)F)cc2N1C(=O)Nc1ccc(Oc2ccccc2)nc1. The molecule has 9 heteroatoms. The monoisotopic (exact) mass is 445 g/mol. The van der Waals surface area contributed by atoms with Crippen molar-refractivity contribution in [2.45, 2.75) is 18.0 Å². The second-order valence-electron chi connectivity index (χ2n) is 6.84. The number of carbonyl (C=O) groups excluding carboxylic acids is 1. The molecular weight excluding hydrogens is 427 g/mol. The Labute approximate surface area is 181 Å². The van der Waals surface area contributed by atoms with Gasteiger partial charge in [-0.05, 0) is 42.2 Å². The first-order chi connectivity index (χ1) is 14.8. The van der Waals surface area contributed by atoms with Crippen molar-refractivity contribution in [3.8, 4) is 11.6 Å².